The van der Waals surface area contributed by atoms with E-state index in [1.807, 2.05) is 0 Å². The Morgan fingerprint density at radius 2 is 0.827 bits per heavy atom. The molecule has 0 spiro atoms. The lowest BCUT2D eigenvalue weighted by atomic mass is 9.66. The fourth-order valence-electron chi connectivity index (χ4n) is 11.1. The number of nitrogens with two attached hydrogens (primary N) is 2. The maximum Gasteiger partial charge on any atom is 0.338 e. The summed E-state index contributed by atoms with van der Waals surface area (Å²) in [6, 6.07) is 27.2. The third-order valence-electron chi connectivity index (χ3n) is 15.9. The highest BCUT2D eigenvalue weighted by atomic mass is 16.5. The van der Waals surface area contributed by atoms with Crippen molar-refractivity contribution in [3.63, 3.8) is 0 Å². The summed E-state index contributed by atoms with van der Waals surface area (Å²) < 4.78 is 11.8. The Kier molecular flexibility index (Phi) is 23.9. The number of carbonyl (C=O) groups excluding carboxylic acids is 4. The summed E-state index contributed by atoms with van der Waals surface area (Å²) in [5.74, 6) is -0.803. The van der Waals surface area contributed by atoms with Gasteiger partial charge in [0, 0.05) is 16.8 Å². The molecule has 2 saturated carbocycles. The molecule has 0 radical (unpaired) electrons. The third kappa shape index (κ3) is 18.7. The molecule has 2 atom stereocenters. The van der Waals surface area contributed by atoms with Gasteiger partial charge in [-0.2, -0.15) is 0 Å². The first kappa shape index (κ1) is 58.4. The quantitative estimate of drug-likeness (QED) is 0.0170. The van der Waals surface area contributed by atoms with Crippen LogP contribution >= 0.6 is 0 Å². The van der Waals surface area contributed by atoms with Gasteiger partial charge in [-0.1, -0.05) is 164 Å². The summed E-state index contributed by atoms with van der Waals surface area (Å²) in [5, 5.41) is 24.6. The van der Waals surface area contributed by atoms with Crippen molar-refractivity contribution in [2.45, 2.75) is 192 Å². The lowest BCUT2D eigenvalue weighted by molar-refractivity contribution is -0.146. The number of anilines is 2. The number of rotatable bonds is 30. The first-order chi connectivity index (χ1) is 36.3. The SMILES string of the molecule is CCCCCCCCC1CCC(OC(=O)c2ccc(/C=C/C(=O)C(O)C(Cc3ccc(N)cc3)(Cc3ccc(N)cc3)C(O)C(=O)/C=C/c3ccc(C(=O)OC4CCC(CCCCCCCC)CC4)cc3)cc2)CC1. The molecule has 0 heterocycles. The zero-order valence-corrected chi connectivity index (χ0v) is 45.0. The number of ketones is 2. The molecule has 0 aromatic heterocycles. The second kappa shape index (κ2) is 30.6. The van der Waals surface area contributed by atoms with Crippen molar-refractivity contribution in [1.29, 1.82) is 0 Å². The van der Waals surface area contributed by atoms with Crippen LogP contribution in [0.5, 0.6) is 0 Å². The van der Waals surface area contributed by atoms with Gasteiger partial charge in [-0.25, -0.2) is 9.59 Å². The minimum atomic E-state index is -1.87. The van der Waals surface area contributed by atoms with Gasteiger partial charge in [0.05, 0.1) is 11.1 Å². The topological polar surface area (TPSA) is 179 Å². The van der Waals surface area contributed by atoms with E-state index in [1.54, 1.807) is 109 Å². The molecule has 4 aromatic carbocycles. The number of hydrogen-bond donors (Lipinski definition) is 4. The lowest BCUT2D eigenvalue weighted by Crippen LogP contribution is -2.54. The Morgan fingerprint density at radius 3 is 1.17 bits per heavy atom. The van der Waals surface area contributed by atoms with E-state index in [1.165, 1.54) is 102 Å². The van der Waals surface area contributed by atoms with Gasteiger partial charge in [0.2, 0.25) is 0 Å². The Hall–Kier alpha value is -5.84. The molecule has 0 aliphatic heterocycles. The fraction of sp³-hybridized carbons (Fsp3) is 0.508. The van der Waals surface area contributed by atoms with E-state index in [2.05, 4.69) is 13.8 Å². The average Bonchev–Trinajstić information content (AvgIpc) is 3.43. The van der Waals surface area contributed by atoms with Crippen LogP contribution in [0.15, 0.2) is 109 Å². The van der Waals surface area contributed by atoms with Crippen molar-refractivity contribution in [3.8, 4) is 0 Å². The van der Waals surface area contributed by atoms with Crippen LogP contribution < -0.4 is 11.5 Å². The molecule has 0 saturated heterocycles. The van der Waals surface area contributed by atoms with E-state index in [-0.39, 0.29) is 37.0 Å². The zero-order valence-electron chi connectivity index (χ0n) is 45.0. The minimum absolute atomic E-state index is 0.0751. The maximum absolute atomic E-state index is 14.3. The number of carbonyl (C=O) groups is 4. The van der Waals surface area contributed by atoms with Crippen molar-refractivity contribution in [1.82, 2.24) is 0 Å². The van der Waals surface area contributed by atoms with Crippen LogP contribution in [-0.4, -0.2) is 58.1 Å². The number of unbranched alkanes of at least 4 members (excludes halogenated alkanes) is 10. The first-order valence-corrected chi connectivity index (χ1v) is 28.5. The summed E-state index contributed by atoms with van der Waals surface area (Å²) in [6.45, 7) is 4.48. The summed E-state index contributed by atoms with van der Waals surface area (Å²) in [6.07, 6.45) is 27.4. The van der Waals surface area contributed by atoms with Crippen molar-refractivity contribution < 1.29 is 38.9 Å². The number of aliphatic hydroxyl groups is 2. The van der Waals surface area contributed by atoms with E-state index < -0.39 is 29.2 Å². The van der Waals surface area contributed by atoms with Gasteiger partial charge in [0.1, 0.15) is 24.4 Å². The molecule has 10 nitrogen and oxygen atoms in total. The number of nitrogen functional groups attached to an aromatic ring is 2. The maximum atomic E-state index is 14.3. The Labute approximate surface area is 447 Å². The Morgan fingerprint density at radius 1 is 0.493 bits per heavy atom. The lowest BCUT2D eigenvalue weighted by Gasteiger charge is -2.40. The molecule has 6 N–H and O–H groups in total. The minimum Gasteiger partial charge on any atom is -0.459 e. The van der Waals surface area contributed by atoms with Gasteiger partial charge in [0.15, 0.2) is 11.6 Å². The molecule has 2 aliphatic carbocycles. The highest BCUT2D eigenvalue weighted by molar-refractivity contribution is 6.01. The van der Waals surface area contributed by atoms with Crippen molar-refractivity contribution in [2.24, 2.45) is 17.3 Å². The zero-order chi connectivity index (χ0) is 53.4. The van der Waals surface area contributed by atoms with Gasteiger partial charge in [-0.05, 0) is 159 Å². The molecule has 10 heteroatoms. The molecule has 2 unspecified atom stereocenters. The molecule has 6 rings (SSSR count). The van der Waals surface area contributed by atoms with Crippen LogP contribution in [0.25, 0.3) is 12.2 Å². The van der Waals surface area contributed by atoms with Crippen LogP contribution in [0, 0.1) is 17.3 Å². The number of aliphatic hydroxyl groups excluding tert-OH is 2. The summed E-state index contributed by atoms with van der Waals surface area (Å²) in [4.78, 5) is 54.9. The number of esters is 2. The van der Waals surface area contributed by atoms with Crippen LogP contribution in [0.3, 0.4) is 0 Å². The molecule has 0 bridgehead atoms. The highest BCUT2D eigenvalue weighted by Crippen LogP contribution is 2.39. The second-order valence-corrected chi connectivity index (χ2v) is 21.8. The predicted molar refractivity (Wildman–Crippen MR) is 303 cm³/mol. The summed E-state index contributed by atoms with van der Waals surface area (Å²) >= 11 is 0. The van der Waals surface area contributed by atoms with E-state index in [4.69, 9.17) is 20.9 Å². The Balaban J connectivity index is 1.10. The normalized spacial score (nSPS) is 18.9. The van der Waals surface area contributed by atoms with Crippen LogP contribution in [0.1, 0.15) is 198 Å². The molecule has 4 aromatic rings. The second-order valence-electron chi connectivity index (χ2n) is 21.8. The highest BCUT2D eigenvalue weighted by Gasteiger charge is 2.49. The molecular formula is C65H86N2O8. The van der Waals surface area contributed by atoms with Gasteiger partial charge >= 0.3 is 11.9 Å². The number of benzene rings is 4. The molecule has 2 aliphatic rings. The molecule has 75 heavy (non-hydrogen) atoms. The van der Waals surface area contributed by atoms with E-state index >= 15 is 0 Å². The van der Waals surface area contributed by atoms with Crippen LogP contribution in [-0.2, 0) is 31.9 Å². The number of hydrogen-bond acceptors (Lipinski definition) is 10. The smallest absolute Gasteiger partial charge is 0.338 e. The van der Waals surface area contributed by atoms with Gasteiger partial charge in [-0.15, -0.1) is 0 Å². The predicted octanol–water partition coefficient (Wildman–Crippen LogP) is 13.8. The van der Waals surface area contributed by atoms with E-state index in [9.17, 15) is 29.4 Å². The summed E-state index contributed by atoms with van der Waals surface area (Å²) in [5.41, 5.74) is 14.6. The van der Waals surface area contributed by atoms with Gasteiger partial charge in [-0.3, -0.25) is 9.59 Å². The monoisotopic (exact) mass is 1020 g/mol. The first-order valence-electron chi connectivity index (χ1n) is 28.5. The van der Waals surface area contributed by atoms with Gasteiger partial charge in [0.25, 0.3) is 0 Å². The molecule has 404 valence electrons. The third-order valence-corrected chi connectivity index (χ3v) is 15.9. The van der Waals surface area contributed by atoms with Crippen LogP contribution in [0.2, 0.25) is 0 Å². The van der Waals surface area contributed by atoms with E-state index in [0.717, 1.165) is 51.4 Å². The fourth-order valence-corrected chi connectivity index (χ4v) is 11.1. The van der Waals surface area contributed by atoms with Crippen molar-refractivity contribution >= 4 is 47.0 Å². The van der Waals surface area contributed by atoms with Crippen LogP contribution in [0.4, 0.5) is 11.4 Å². The van der Waals surface area contributed by atoms with Crippen molar-refractivity contribution in [3.05, 3.63) is 143 Å². The molecular weight excluding hydrogens is 937 g/mol. The van der Waals surface area contributed by atoms with Gasteiger partial charge < -0.3 is 31.2 Å². The van der Waals surface area contributed by atoms with Crippen molar-refractivity contribution in [2.75, 3.05) is 11.5 Å². The molecule has 2 fully saturated rings. The largest absolute Gasteiger partial charge is 0.459 e. The standard InChI is InChI=1S/C65H86N2O8/c1-3-5-7-9-11-13-15-47-25-39-57(40-26-47)74-63(72)53-31-17-49(18-32-53)29-43-59(68)61(70)65(45-51-21-35-55(66)36-22-51,46-52-23-37-56(67)38-24-52)62(71)60(69)44-30-50-19-33-54(34-20-50)64(73)75-58-41-27-48(28-42-58)16-14-12-10-8-6-4-2/h17-24,29-38,43-44,47-48,57-58,61-62,70-71H,3-16,25-28,39-42,45-46,66-67H2,1-2H3/b43-29+,44-30+. The number of ether oxygens (including phenoxy) is 2. The summed E-state index contributed by atoms with van der Waals surface area (Å²) in [7, 11) is 0. The van der Waals surface area contributed by atoms with E-state index in [0.29, 0.717) is 56.6 Å². The Bertz CT molecular complexity index is 2240. The average molecular weight is 1020 g/mol. The molecule has 0 amide bonds.